The van der Waals surface area contributed by atoms with E-state index in [0.717, 1.165) is 47.2 Å². The first-order valence-corrected chi connectivity index (χ1v) is 13.1. The third-order valence-electron chi connectivity index (χ3n) is 7.14. The Morgan fingerprint density at radius 2 is 1.73 bits per heavy atom. The van der Waals surface area contributed by atoms with Gasteiger partial charge >= 0.3 is 0 Å². The summed E-state index contributed by atoms with van der Waals surface area (Å²) in [6.45, 7) is 6.29. The van der Waals surface area contributed by atoms with Crippen LogP contribution < -0.4 is 4.74 Å². The molecule has 2 aromatic carbocycles. The van der Waals surface area contributed by atoms with Crippen molar-refractivity contribution in [3.05, 3.63) is 102 Å². The van der Waals surface area contributed by atoms with Crippen molar-refractivity contribution in [2.75, 3.05) is 26.2 Å². The molecule has 0 aliphatic carbocycles. The zero-order valence-electron chi connectivity index (χ0n) is 21.2. The molecule has 4 heterocycles. The minimum Gasteiger partial charge on any atom is -0.492 e. The minimum absolute atomic E-state index is 0.146. The van der Waals surface area contributed by atoms with Crippen LogP contribution in [0.4, 0.5) is 0 Å². The molecule has 7 nitrogen and oxygen atoms in total. The van der Waals surface area contributed by atoms with Gasteiger partial charge in [-0.05, 0) is 68.2 Å². The normalized spacial score (nSPS) is 14.8. The van der Waals surface area contributed by atoms with Crippen molar-refractivity contribution in [1.29, 1.82) is 0 Å². The highest BCUT2D eigenvalue weighted by Crippen LogP contribution is 2.24. The summed E-state index contributed by atoms with van der Waals surface area (Å²) in [6, 6.07) is 24.9. The molecule has 0 spiro atoms. The van der Waals surface area contributed by atoms with Crippen molar-refractivity contribution in [2.45, 2.75) is 32.2 Å². The van der Waals surface area contributed by atoms with Gasteiger partial charge in [0, 0.05) is 24.7 Å². The first-order valence-electron chi connectivity index (χ1n) is 13.1. The van der Waals surface area contributed by atoms with Gasteiger partial charge in [-0.2, -0.15) is 10.2 Å². The van der Waals surface area contributed by atoms with E-state index < -0.39 is 0 Å². The molecule has 1 aliphatic heterocycles. The average molecular weight is 493 g/mol. The van der Waals surface area contributed by atoms with Crippen LogP contribution in [0.2, 0.25) is 0 Å². The third-order valence-corrected chi connectivity index (χ3v) is 7.14. The van der Waals surface area contributed by atoms with E-state index in [1.165, 1.54) is 31.5 Å². The Balaban J connectivity index is 1.15. The maximum atomic E-state index is 5.95. The van der Waals surface area contributed by atoms with Gasteiger partial charge in [0.15, 0.2) is 11.5 Å². The van der Waals surface area contributed by atoms with Gasteiger partial charge in [-0.15, -0.1) is 0 Å². The molecule has 3 aromatic heterocycles. The number of fused-ring (bicyclic) bond motifs is 1. The molecule has 1 atom stereocenters. The van der Waals surface area contributed by atoms with Crippen LogP contribution in [-0.4, -0.2) is 55.5 Å². The van der Waals surface area contributed by atoms with Gasteiger partial charge in [-0.25, -0.2) is 9.50 Å². The van der Waals surface area contributed by atoms with Crippen LogP contribution in [-0.2, 0) is 6.42 Å². The number of aromatic nitrogens is 5. The van der Waals surface area contributed by atoms with Gasteiger partial charge in [-0.3, -0.25) is 9.58 Å². The van der Waals surface area contributed by atoms with Crippen molar-refractivity contribution in [3.63, 3.8) is 0 Å². The highest BCUT2D eigenvalue weighted by Gasteiger charge is 2.14. The Kier molecular flexibility index (Phi) is 6.69. The number of benzene rings is 2. The molecule has 0 amide bonds. The second kappa shape index (κ2) is 10.6. The molecule has 0 bridgehead atoms. The molecule has 1 fully saturated rings. The van der Waals surface area contributed by atoms with Gasteiger partial charge < -0.3 is 4.74 Å². The third kappa shape index (κ3) is 5.27. The molecule has 0 saturated carbocycles. The standard InChI is InChI=1S/C30H32N6O/c1-23(25-8-3-2-4-9-25)35-22-26(21-31-35)28-10-7-11-30-32-29(33-36(28)30)20-24-12-14-27(15-13-24)37-19-18-34-16-5-6-17-34/h2-4,7-15,21-23H,5-6,16-20H2,1H3. The second-order valence-electron chi connectivity index (χ2n) is 9.72. The van der Waals surface area contributed by atoms with Gasteiger partial charge in [0.1, 0.15) is 12.4 Å². The van der Waals surface area contributed by atoms with Crippen LogP contribution in [0.15, 0.2) is 85.2 Å². The first-order chi connectivity index (χ1) is 18.2. The summed E-state index contributed by atoms with van der Waals surface area (Å²) >= 11 is 0. The number of pyridine rings is 1. The molecule has 1 unspecified atom stereocenters. The molecule has 1 aliphatic rings. The zero-order valence-corrected chi connectivity index (χ0v) is 21.2. The molecule has 7 heteroatoms. The van der Waals surface area contributed by atoms with Crippen molar-refractivity contribution >= 4 is 5.65 Å². The maximum absolute atomic E-state index is 5.95. The fourth-order valence-corrected chi connectivity index (χ4v) is 4.99. The molecule has 0 N–H and O–H groups in total. The van der Waals surface area contributed by atoms with E-state index in [0.29, 0.717) is 6.42 Å². The molecule has 0 radical (unpaired) electrons. The molecule has 37 heavy (non-hydrogen) atoms. The fraction of sp³-hybridized carbons (Fsp3) is 0.300. The van der Waals surface area contributed by atoms with E-state index in [-0.39, 0.29) is 6.04 Å². The minimum atomic E-state index is 0.146. The Morgan fingerprint density at radius 1 is 0.919 bits per heavy atom. The van der Waals surface area contributed by atoms with Crippen LogP contribution in [0.1, 0.15) is 42.8 Å². The molecule has 188 valence electrons. The summed E-state index contributed by atoms with van der Waals surface area (Å²) in [4.78, 5) is 7.25. The Labute approximate surface area is 217 Å². The van der Waals surface area contributed by atoms with E-state index in [1.54, 1.807) is 0 Å². The molecular formula is C30H32N6O. The van der Waals surface area contributed by atoms with Crippen LogP contribution in [0, 0.1) is 0 Å². The molecule has 5 aromatic rings. The Morgan fingerprint density at radius 3 is 2.54 bits per heavy atom. The number of rotatable bonds is 9. The second-order valence-corrected chi connectivity index (χ2v) is 9.72. The van der Waals surface area contributed by atoms with Gasteiger partial charge in [-0.1, -0.05) is 48.5 Å². The summed E-state index contributed by atoms with van der Waals surface area (Å²) in [5.41, 5.74) is 5.21. The average Bonchev–Trinajstić information content (AvgIpc) is 3.71. The predicted molar refractivity (Wildman–Crippen MR) is 145 cm³/mol. The highest BCUT2D eigenvalue weighted by atomic mass is 16.5. The van der Waals surface area contributed by atoms with E-state index in [4.69, 9.17) is 14.8 Å². The lowest BCUT2D eigenvalue weighted by molar-refractivity contribution is 0.238. The lowest BCUT2D eigenvalue weighted by atomic mass is 10.1. The summed E-state index contributed by atoms with van der Waals surface area (Å²) in [7, 11) is 0. The number of ether oxygens (including phenoxy) is 1. The topological polar surface area (TPSA) is 60.5 Å². The Bertz CT molecular complexity index is 1450. The van der Waals surface area contributed by atoms with Crippen LogP contribution >= 0.6 is 0 Å². The summed E-state index contributed by atoms with van der Waals surface area (Å²) in [5, 5.41) is 9.49. The number of nitrogens with zero attached hydrogens (tertiary/aromatic N) is 6. The van der Waals surface area contributed by atoms with Gasteiger partial charge in [0.25, 0.3) is 0 Å². The maximum Gasteiger partial charge on any atom is 0.156 e. The van der Waals surface area contributed by atoms with Gasteiger partial charge in [0.05, 0.1) is 17.9 Å². The van der Waals surface area contributed by atoms with Gasteiger partial charge in [0.2, 0.25) is 0 Å². The lowest BCUT2D eigenvalue weighted by Gasteiger charge is -2.14. The summed E-state index contributed by atoms with van der Waals surface area (Å²) in [6.07, 6.45) is 7.27. The van der Waals surface area contributed by atoms with Crippen molar-refractivity contribution < 1.29 is 4.74 Å². The van der Waals surface area contributed by atoms with Crippen molar-refractivity contribution in [3.8, 4) is 17.0 Å². The monoisotopic (exact) mass is 492 g/mol. The van der Waals surface area contributed by atoms with Crippen LogP contribution in [0.5, 0.6) is 5.75 Å². The Hall–Kier alpha value is -3.97. The first kappa shape index (κ1) is 23.4. The van der Waals surface area contributed by atoms with E-state index in [1.807, 2.05) is 45.7 Å². The SMILES string of the molecule is CC(c1ccccc1)n1cc(-c2cccc3nc(Cc4ccc(OCCN5CCCC5)cc4)nn23)cn1. The van der Waals surface area contributed by atoms with Crippen LogP contribution in [0.3, 0.4) is 0 Å². The number of likely N-dealkylation sites (tertiary alicyclic amines) is 1. The van der Waals surface area contributed by atoms with Crippen molar-refractivity contribution in [2.24, 2.45) is 0 Å². The molecule has 6 rings (SSSR count). The lowest BCUT2D eigenvalue weighted by Crippen LogP contribution is -2.25. The zero-order chi connectivity index (χ0) is 25.0. The van der Waals surface area contributed by atoms with Crippen LogP contribution in [0.25, 0.3) is 16.9 Å². The van der Waals surface area contributed by atoms with E-state index in [9.17, 15) is 0 Å². The predicted octanol–water partition coefficient (Wildman–Crippen LogP) is 5.27. The summed E-state index contributed by atoms with van der Waals surface area (Å²) < 4.78 is 9.86. The van der Waals surface area contributed by atoms with E-state index >= 15 is 0 Å². The number of hydrogen-bond donors (Lipinski definition) is 0. The summed E-state index contributed by atoms with van der Waals surface area (Å²) in [5.74, 6) is 1.70. The van der Waals surface area contributed by atoms with Crippen molar-refractivity contribution in [1.82, 2.24) is 29.3 Å². The largest absolute Gasteiger partial charge is 0.492 e. The fourth-order valence-electron chi connectivity index (χ4n) is 4.99. The quantitative estimate of drug-likeness (QED) is 0.281. The molecule has 1 saturated heterocycles. The molecular weight excluding hydrogens is 460 g/mol. The van der Waals surface area contributed by atoms with E-state index in [2.05, 4.69) is 65.6 Å². The number of hydrogen-bond acceptors (Lipinski definition) is 5. The smallest absolute Gasteiger partial charge is 0.156 e. The highest BCUT2D eigenvalue weighted by molar-refractivity contribution is 5.61.